The highest BCUT2D eigenvalue weighted by Gasteiger charge is 2.14. The first kappa shape index (κ1) is 17.2. The van der Waals surface area contributed by atoms with Crippen molar-refractivity contribution >= 4 is 21.5 Å². The number of hydrogen-bond acceptors (Lipinski definition) is 2. The highest BCUT2D eigenvalue weighted by molar-refractivity contribution is 9.10. The third-order valence-electron chi connectivity index (χ3n) is 4.81. The van der Waals surface area contributed by atoms with Crippen LogP contribution in [0.25, 0.3) is 16.7 Å². The Balaban J connectivity index is 1.42. The molecule has 2 aromatic carbocycles. The van der Waals surface area contributed by atoms with Crippen LogP contribution in [0, 0.1) is 0 Å². The Morgan fingerprint density at radius 3 is 2.31 bits per heavy atom. The van der Waals surface area contributed by atoms with E-state index < -0.39 is 0 Å². The maximum Gasteiger partial charge on any atom is 0.0659 e. The van der Waals surface area contributed by atoms with Crippen molar-refractivity contribution in [3.05, 3.63) is 94.7 Å². The fourth-order valence-electron chi connectivity index (χ4n) is 3.33. The molecule has 26 heavy (non-hydrogen) atoms. The van der Waals surface area contributed by atoms with Gasteiger partial charge in [-0.05, 0) is 41.3 Å². The van der Waals surface area contributed by atoms with Crippen LogP contribution in [0.1, 0.15) is 17.7 Å². The predicted octanol–water partition coefficient (Wildman–Crippen LogP) is 5.80. The summed E-state index contributed by atoms with van der Waals surface area (Å²) < 4.78 is 1.10. The van der Waals surface area contributed by atoms with E-state index in [1.54, 1.807) is 0 Å². The molecule has 0 atom stereocenters. The molecule has 0 fully saturated rings. The van der Waals surface area contributed by atoms with Crippen molar-refractivity contribution in [3.63, 3.8) is 0 Å². The Bertz CT molecular complexity index is 884. The van der Waals surface area contributed by atoms with Crippen molar-refractivity contribution in [1.29, 1.82) is 0 Å². The molecular formula is C23H21BrN2. The number of nitrogens with zero attached hydrogens (tertiary/aromatic N) is 2. The van der Waals surface area contributed by atoms with E-state index in [-0.39, 0.29) is 0 Å². The van der Waals surface area contributed by atoms with E-state index in [4.69, 9.17) is 4.98 Å². The van der Waals surface area contributed by atoms with E-state index in [0.717, 1.165) is 41.8 Å². The number of halogens is 1. The summed E-state index contributed by atoms with van der Waals surface area (Å²) in [6.45, 7) is 3.08. The molecule has 0 bridgehead atoms. The minimum atomic E-state index is 0.986. The lowest BCUT2D eigenvalue weighted by Gasteiger charge is -2.26. The van der Waals surface area contributed by atoms with Gasteiger partial charge in [-0.15, -0.1) is 0 Å². The van der Waals surface area contributed by atoms with Gasteiger partial charge in [0.05, 0.1) is 5.69 Å². The Hall–Kier alpha value is -2.23. The van der Waals surface area contributed by atoms with Gasteiger partial charge >= 0.3 is 0 Å². The molecule has 3 heteroatoms. The van der Waals surface area contributed by atoms with Crippen molar-refractivity contribution in [3.8, 4) is 11.1 Å². The third kappa shape index (κ3) is 4.12. The van der Waals surface area contributed by atoms with Crippen LogP contribution in [0.15, 0.2) is 83.5 Å². The highest BCUT2D eigenvalue weighted by atomic mass is 79.9. The standard InChI is InChI=1S/C23H21BrN2/c24-22-9-6-19(7-10-22)21-8-11-23(25-16-21)20-12-14-26(15-13-20)17-18-4-2-1-3-5-18/h1-12,16H,13-15,17H2. The Labute approximate surface area is 163 Å². The average molecular weight is 405 g/mol. The lowest BCUT2D eigenvalue weighted by atomic mass is 10.0. The molecule has 130 valence electrons. The maximum atomic E-state index is 4.71. The zero-order valence-electron chi connectivity index (χ0n) is 14.6. The predicted molar refractivity (Wildman–Crippen MR) is 112 cm³/mol. The van der Waals surface area contributed by atoms with E-state index in [1.807, 2.05) is 6.20 Å². The molecule has 0 unspecified atom stereocenters. The summed E-state index contributed by atoms with van der Waals surface area (Å²) in [6, 6.07) is 23.4. The highest BCUT2D eigenvalue weighted by Crippen LogP contribution is 2.25. The first-order valence-corrected chi connectivity index (χ1v) is 9.75. The third-order valence-corrected chi connectivity index (χ3v) is 5.34. The monoisotopic (exact) mass is 404 g/mol. The summed E-state index contributed by atoms with van der Waals surface area (Å²) in [7, 11) is 0. The van der Waals surface area contributed by atoms with Crippen molar-refractivity contribution in [2.75, 3.05) is 13.1 Å². The first-order valence-electron chi connectivity index (χ1n) is 8.95. The summed E-state index contributed by atoms with van der Waals surface area (Å²) >= 11 is 3.48. The molecule has 0 saturated carbocycles. The van der Waals surface area contributed by atoms with Crippen LogP contribution in [0.5, 0.6) is 0 Å². The summed E-state index contributed by atoms with van der Waals surface area (Å²) in [5.74, 6) is 0. The van der Waals surface area contributed by atoms with Gasteiger partial charge in [-0.1, -0.05) is 70.5 Å². The van der Waals surface area contributed by atoms with Gasteiger partial charge in [0.25, 0.3) is 0 Å². The van der Waals surface area contributed by atoms with Crippen molar-refractivity contribution in [2.45, 2.75) is 13.0 Å². The van der Waals surface area contributed by atoms with Crippen LogP contribution in [0.2, 0.25) is 0 Å². The minimum absolute atomic E-state index is 0.986. The molecule has 2 heterocycles. The maximum absolute atomic E-state index is 4.71. The van der Waals surface area contributed by atoms with Gasteiger partial charge in [0, 0.05) is 35.9 Å². The summed E-state index contributed by atoms with van der Waals surface area (Å²) in [5.41, 5.74) is 6.19. The number of rotatable bonds is 4. The number of aromatic nitrogens is 1. The molecule has 0 amide bonds. The Morgan fingerprint density at radius 1 is 0.885 bits per heavy atom. The first-order chi connectivity index (χ1) is 12.8. The smallest absolute Gasteiger partial charge is 0.0659 e. The van der Waals surface area contributed by atoms with Gasteiger partial charge < -0.3 is 0 Å². The molecule has 2 nitrogen and oxygen atoms in total. The van der Waals surface area contributed by atoms with Crippen LogP contribution >= 0.6 is 15.9 Å². The second-order valence-electron chi connectivity index (χ2n) is 6.64. The van der Waals surface area contributed by atoms with Gasteiger partial charge in [0.1, 0.15) is 0 Å². The SMILES string of the molecule is Brc1ccc(-c2ccc(C3=CCN(Cc4ccccc4)CC3)nc2)cc1. The van der Waals surface area contributed by atoms with Gasteiger partial charge in [-0.3, -0.25) is 9.88 Å². The molecule has 0 saturated heterocycles. The van der Waals surface area contributed by atoms with Crippen LogP contribution in [-0.2, 0) is 6.54 Å². The minimum Gasteiger partial charge on any atom is -0.295 e. The Kier molecular flexibility index (Phi) is 5.28. The fourth-order valence-corrected chi connectivity index (χ4v) is 3.59. The van der Waals surface area contributed by atoms with Crippen molar-refractivity contribution in [1.82, 2.24) is 9.88 Å². The van der Waals surface area contributed by atoms with Gasteiger partial charge in [-0.25, -0.2) is 0 Å². The molecule has 0 N–H and O–H groups in total. The van der Waals surface area contributed by atoms with Gasteiger partial charge in [0.15, 0.2) is 0 Å². The molecule has 3 aromatic rings. The van der Waals surface area contributed by atoms with Gasteiger partial charge in [-0.2, -0.15) is 0 Å². The topological polar surface area (TPSA) is 16.1 Å². The molecule has 0 spiro atoms. The number of benzene rings is 2. The zero-order chi connectivity index (χ0) is 17.8. The molecule has 1 aliphatic heterocycles. The van der Waals surface area contributed by atoms with E-state index in [0.29, 0.717) is 0 Å². The van der Waals surface area contributed by atoms with Crippen LogP contribution in [0.4, 0.5) is 0 Å². The van der Waals surface area contributed by atoms with Crippen LogP contribution in [0.3, 0.4) is 0 Å². The van der Waals surface area contributed by atoms with Crippen molar-refractivity contribution in [2.24, 2.45) is 0 Å². The second-order valence-corrected chi connectivity index (χ2v) is 7.55. The summed E-state index contributed by atoms with van der Waals surface area (Å²) in [5, 5.41) is 0. The molecular weight excluding hydrogens is 384 g/mol. The normalized spacial score (nSPS) is 14.9. The largest absolute Gasteiger partial charge is 0.295 e. The second kappa shape index (κ2) is 7.98. The van der Waals surface area contributed by atoms with E-state index in [2.05, 4.69) is 93.6 Å². The molecule has 4 rings (SSSR count). The fraction of sp³-hybridized carbons (Fsp3) is 0.174. The van der Waals surface area contributed by atoms with E-state index >= 15 is 0 Å². The average Bonchev–Trinajstić information content (AvgIpc) is 2.70. The van der Waals surface area contributed by atoms with E-state index in [1.165, 1.54) is 16.7 Å². The van der Waals surface area contributed by atoms with Crippen LogP contribution in [-0.4, -0.2) is 23.0 Å². The zero-order valence-corrected chi connectivity index (χ0v) is 16.2. The molecule has 1 aliphatic rings. The summed E-state index contributed by atoms with van der Waals surface area (Å²) in [6.07, 6.45) is 5.36. The number of pyridine rings is 1. The quantitative estimate of drug-likeness (QED) is 0.545. The molecule has 1 aromatic heterocycles. The lowest BCUT2D eigenvalue weighted by Crippen LogP contribution is -2.28. The number of hydrogen-bond donors (Lipinski definition) is 0. The van der Waals surface area contributed by atoms with Crippen LogP contribution < -0.4 is 0 Å². The summed E-state index contributed by atoms with van der Waals surface area (Å²) in [4.78, 5) is 7.19. The van der Waals surface area contributed by atoms with E-state index in [9.17, 15) is 0 Å². The Morgan fingerprint density at radius 2 is 1.65 bits per heavy atom. The van der Waals surface area contributed by atoms with Gasteiger partial charge in [0.2, 0.25) is 0 Å². The molecule has 0 radical (unpaired) electrons. The van der Waals surface area contributed by atoms with Crippen molar-refractivity contribution < 1.29 is 0 Å². The lowest BCUT2D eigenvalue weighted by molar-refractivity contribution is 0.294. The molecule has 0 aliphatic carbocycles.